The van der Waals surface area contributed by atoms with Crippen molar-refractivity contribution in [1.29, 1.82) is 0 Å². The Kier molecular flexibility index (Phi) is 7.73. The van der Waals surface area contributed by atoms with Crippen molar-refractivity contribution in [1.82, 2.24) is 4.98 Å². The number of aromatic nitrogens is 1. The first-order chi connectivity index (χ1) is 7.43. The topological polar surface area (TPSA) is 31.4 Å². The molecule has 0 saturated heterocycles. The normalized spacial score (nSPS) is 10.5. The predicted molar refractivity (Wildman–Crippen MR) is 65.2 cm³/mol. The lowest BCUT2D eigenvalue weighted by Crippen LogP contribution is -2.03. The molecule has 1 heterocycles. The number of hydrogen-bond acceptors (Lipinski definition) is 5. The summed E-state index contributed by atoms with van der Waals surface area (Å²) in [4.78, 5) is 4.21. The number of methoxy groups -OCH3 is 1. The van der Waals surface area contributed by atoms with Crippen LogP contribution in [0.4, 0.5) is 0 Å². The van der Waals surface area contributed by atoms with Gasteiger partial charge in [0.25, 0.3) is 0 Å². The highest BCUT2D eigenvalue weighted by Gasteiger charge is 1.94. The third-order valence-electron chi connectivity index (χ3n) is 1.52. The van der Waals surface area contributed by atoms with Crippen LogP contribution in [0.3, 0.4) is 0 Å². The molecule has 1 aromatic heterocycles. The largest absolute Gasteiger partial charge is 0.382 e. The molecule has 15 heavy (non-hydrogen) atoms. The van der Waals surface area contributed by atoms with Crippen LogP contribution >= 0.6 is 21.6 Å². The van der Waals surface area contributed by atoms with E-state index in [9.17, 15) is 0 Å². The summed E-state index contributed by atoms with van der Waals surface area (Å²) in [6, 6.07) is 5.91. The number of pyridine rings is 1. The van der Waals surface area contributed by atoms with E-state index in [1.54, 1.807) is 34.9 Å². The quantitative estimate of drug-likeness (QED) is 0.519. The van der Waals surface area contributed by atoms with Crippen molar-refractivity contribution in [2.45, 2.75) is 5.03 Å². The van der Waals surface area contributed by atoms with Crippen molar-refractivity contribution < 1.29 is 9.47 Å². The van der Waals surface area contributed by atoms with Crippen LogP contribution in [-0.2, 0) is 9.47 Å². The molecule has 0 radical (unpaired) electrons. The molecule has 5 heteroatoms. The second kappa shape index (κ2) is 9.03. The molecule has 0 aliphatic rings. The summed E-state index contributed by atoms with van der Waals surface area (Å²) in [6.07, 6.45) is 1.80. The molecule has 0 spiro atoms. The summed E-state index contributed by atoms with van der Waals surface area (Å²) >= 11 is 0. The van der Waals surface area contributed by atoms with Gasteiger partial charge in [-0.3, -0.25) is 0 Å². The van der Waals surface area contributed by atoms with Crippen molar-refractivity contribution in [3.8, 4) is 0 Å². The summed E-state index contributed by atoms with van der Waals surface area (Å²) in [5.41, 5.74) is 0. The fraction of sp³-hybridized carbons (Fsp3) is 0.500. The molecular weight excluding hydrogens is 230 g/mol. The summed E-state index contributed by atoms with van der Waals surface area (Å²) in [7, 11) is 5.11. The van der Waals surface area contributed by atoms with Gasteiger partial charge in [0.2, 0.25) is 0 Å². The van der Waals surface area contributed by atoms with Gasteiger partial charge < -0.3 is 9.47 Å². The fourth-order valence-corrected chi connectivity index (χ4v) is 2.58. The van der Waals surface area contributed by atoms with E-state index in [1.165, 1.54) is 0 Å². The van der Waals surface area contributed by atoms with E-state index >= 15 is 0 Å². The molecule has 0 amide bonds. The summed E-state index contributed by atoms with van der Waals surface area (Å²) in [5.74, 6) is 0.963. The van der Waals surface area contributed by atoms with Gasteiger partial charge in [-0.1, -0.05) is 16.9 Å². The average molecular weight is 245 g/mol. The summed E-state index contributed by atoms with van der Waals surface area (Å²) in [5, 5.41) is 1.04. The molecule has 0 aliphatic heterocycles. The van der Waals surface area contributed by atoms with E-state index in [0.29, 0.717) is 13.2 Å². The molecular formula is C10H15NO2S2. The number of hydrogen-bond donors (Lipinski definition) is 0. The molecule has 0 atom stereocenters. The lowest BCUT2D eigenvalue weighted by Gasteiger charge is -2.02. The molecule has 0 saturated carbocycles. The summed E-state index contributed by atoms with van der Waals surface area (Å²) < 4.78 is 10.2. The first-order valence-electron chi connectivity index (χ1n) is 4.70. The van der Waals surface area contributed by atoms with Crippen LogP contribution < -0.4 is 0 Å². The third-order valence-corrected chi connectivity index (χ3v) is 3.75. The van der Waals surface area contributed by atoms with Crippen molar-refractivity contribution in [3.05, 3.63) is 24.4 Å². The van der Waals surface area contributed by atoms with Crippen molar-refractivity contribution >= 4 is 21.6 Å². The molecule has 1 aromatic rings. The van der Waals surface area contributed by atoms with Gasteiger partial charge in [0.15, 0.2) is 0 Å². The molecule has 84 valence electrons. The minimum atomic E-state index is 0.665. The molecule has 0 unspecified atom stereocenters. The maximum absolute atomic E-state index is 5.33. The Balaban J connectivity index is 1.93. The van der Waals surface area contributed by atoms with Crippen LogP contribution in [0.25, 0.3) is 0 Å². The second-order valence-corrected chi connectivity index (χ2v) is 5.11. The Labute approximate surface area is 98.3 Å². The molecule has 3 nitrogen and oxygen atoms in total. The van der Waals surface area contributed by atoms with Gasteiger partial charge in [-0.25, -0.2) is 4.98 Å². The zero-order valence-corrected chi connectivity index (χ0v) is 10.4. The van der Waals surface area contributed by atoms with E-state index in [2.05, 4.69) is 4.98 Å². The Bertz CT molecular complexity index is 246. The SMILES string of the molecule is COCCOCCSSc1ccccn1. The Morgan fingerprint density at radius 1 is 1.27 bits per heavy atom. The van der Waals surface area contributed by atoms with Gasteiger partial charge in [0.05, 0.1) is 19.8 Å². The van der Waals surface area contributed by atoms with E-state index in [-0.39, 0.29) is 0 Å². The smallest absolute Gasteiger partial charge is 0.106 e. The van der Waals surface area contributed by atoms with Crippen molar-refractivity contribution in [3.63, 3.8) is 0 Å². The zero-order chi connectivity index (χ0) is 10.8. The van der Waals surface area contributed by atoms with E-state index in [0.717, 1.165) is 17.4 Å². The van der Waals surface area contributed by atoms with Gasteiger partial charge in [0, 0.05) is 19.1 Å². The highest BCUT2D eigenvalue weighted by Crippen LogP contribution is 2.28. The fourth-order valence-electron chi connectivity index (χ4n) is 0.836. The molecule has 0 aliphatic carbocycles. The molecule has 1 rings (SSSR count). The maximum atomic E-state index is 5.33. The van der Waals surface area contributed by atoms with Gasteiger partial charge >= 0.3 is 0 Å². The zero-order valence-electron chi connectivity index (χ0n) is 8.72. The number of rotatable bonds is 8. The number of nitrogens with zero attached hydrogens (tertiary/aromatic N) is 1. The van der Waals surface area contributed by atoms with E-state index < -0.39 is 0 Å². The maximum Gasteiger partial charge on any atom is 0.106 e. The van der Waals surface area contributed by atoms with E-state index in [4.69, 9.17) is 9.47 Å². The molecule has 0 bridgehead atoms. The molecule has 0 N–H and O–H groups in total. The Morgan fingerprint density at radius 2 is 2.20 bits per heavy atom. The summed E-state index contributed by atoms with van der Waals surface area (Å²) in [6.45, 7) is 2.09. The Hall–Kier alpha value is -0.230. The highest BCUT2D eigenvalue weighted by molar-refractivity contribution is 8.76. The third kappa shape index (κ3) is 6.78. The highest BCUT2D eigenvalue weighted by atomic mass is 33.1. The average Bonchev–Trinajstić information content (AvgIpc) is 2.29. The second-order valence-electron chi connectivity index (χ2n) is 2.68. The minimum Gasteiger partial charge on any atom is -0.382 e. The minimum absolute atomic E-state index is 0.665. The van der Waals surface area contributed by atoms with Crippen LogP contribution in [0.15, 0.2) is 29.4 Å². The van der Waals surface area contributed by atoms with Gasteiger partial charge in [-0.2, -0.15) is 0 Å². The predicted octanol–water partition coefficient (Wildman–Crippen LogP) is 2.48. The van der Waals surface area contributed by atoms with Crippen LogP contribution in [0.1, 0.15) is 0 Å². The van der Waals surface area contributed by atoms with Gasteiger partial charge in [-0.05, 0) is 22.9 Å². The first kappa shape index (κ1) is 12.8. The van der Waals surface area contributed by atoms with Crippen LogP contribution in [0, 0.1) is 0 Å². The van der Waals surface area contributed by atoms with Gasteiger partial charge in [-0.15, -0.1) is 0 Å². The monoisotopic (exact) mass is 245 g/mol. The lowest BCUT2D eigenvalue weighted by atomic mass is 10.5. The van der Waals surface area contributed by atoms with Crippen LogP contribution in [0.2, 0.25) is 0 Å². The van der Waals surface area contributed by atoms with E-state index in [1.807, 2.05) is 18.2 Å². The van der Waals surface area contributed by atoms with Gasteiger partial charge in [0.1, 0.15) is 5.03 Å². The molecule has 0 fully saturated rings. The van der Waals surface area contributed by atoms with Crippen molar-refractivity contribution in [2.24, 2.45) is 0 Å². The lowest BCUT2D eigenvalue weighted by molar-refractivity contribution is 0.0791. The Morgan fingerprint density at radius 3 is 2.93 bits per heavy atom. The molecule has 0 aromatic carbocycles. The van der Waals surface area contributed by atoms with Crippen LogP contribution in [0.5, 0.6) is 0 Å². The number of ether oxygens (including phenoxy) is 2. The standard InChI is InChI=1S/C10H15NO2S2/c1-12-6-7-13-8-9-14-15-10-4-2-3-5-11-10/h2-5H,6-9H2,1H3. The van der Waals surface area contributed by atoms with Crippen LogP contribution in [-0.4, -0.2) is 37.7 Å². The van der Waals surface area contributed by atoms with Crippen molar-refractivity contribution in [2.75, 3.05) is 32.7 Å². The first-order valence-corrected chi connectivity index (χ1v) is 7.02.